The van der Waals surface area contributed by atoms with Crippen molar-refractivity contribution in [2.75, 3.05) is 0 Å². The van der Waals surface area contributed by atoms with E-state index in [2.05, 4.69) is 4.98 Å². The van der Waals surface area contributed by atoms with Crippen LogP contribution in [0.4, 0.5) is 8.78 Å². The number of aromatic nitrogens is 1. The fourth-order valence-electron chi connectivity index (χ4n) is 1.33. The van der Waals surface area contributed by atoms with Gasteiger partial charge in [0, 0.05) is 17.3 Å². The number of hydrogen-bond acceptors (Lipinski definition) is 1. The Balaban J connectivity index is 2.58. The molecule has 0 amide bonds. The summed E-state index contributed by atoms with van der Waals surface area (Å²) in [5.41, 5.74) is 1.04. The van der Waals surface area contributed by atoms with Crippen LogP contribution in [0.15, 0.2) is 36.4 Å². The molecule has 0 unspecified atom stereocenters. The first-order chi connectivity index (χ1) is 7.15. The van der Waals surface area contributed by atoms with Gasteiger partial charge in [0.1, 0.15) is 16.3 Å². The standard InChI is InChI=1S/C11H7F2NS/c12-8-4-7(5-9(13)6-8)10-2-1-3-11(15)14-10/h1-6H,(H,14,15). The Hall–Kier alpha value is -1.55. The van der Waals surface area contributed by atoms with E-state index in [9.17, 15) is 8.78 Å². The molecular formula is C11H7F2NS. The molecule has 2 aromatic rings. The van der Waals surface area contributed by atoms with Crippen molar-refractivity contribution in [2.45, 2.75) is 0 Å². The smallest absolute Gasteiger partial charge is 0.126 e. The SMILES string of the molecule is Fc1cc(F)cc(-c2cccc(=S)[nH]2)c1. The van der Waals surface area contributed by atoms with E-state index in [1.807, 2.05) is 0 Å². The van der Waals surface area contributed by atoms with Crippen LogP contribution >= 0.6 is 12.2 Å². The van der Waals surface area contributed by atoms with Crippen molar-refractivity contribution >= 4 is 12.2 Å². The second kappa shape index (κ2) is 3.90. The lowest BCUT2D eigenvalue weighted by Crippen LogP contribution is -1.87. The molecule has 0 fully saturated rings. The van der Waals surface area contributed by atoms with Gasteiger partial charge in [-0.15, -0.1) is 0 Å². The molecule has 76 valence electrons. The van der Waals surface area contributed by atoms with Crippen LogP contribution in [0.25, 0.3) is 11.3 Å². The lowest BCUT2D eigenvalue weighted by atomic mass is 10.1. The van der Waals surface area contributed by atoms with Gasteiger partial charge in [-0.25, -0.2) is 8.78 Å². The van der Waals surface area contributed by atoms with Crippen LogP contribution in [0, 0.1) is 16.3 Å². The Bertz CT molecular complexity index is 528. The summed E-state index contributed by atoms with van der Waals surface area (Å²) < 4.78 is 26.4. The highest BCUT2D eigenvalue weighted by atomic mass is 32.1. The first kappa shape index (κ1) is 9.98. The fraction of sp³-hybridized carbons (Fsp3) is 0. The molecule has 0 radical (unpaired) electrons. The fourth-order valence-corrected chi connectivity index (χ4v) is 1.51. The summed E-state index contributed by atoms with van der Waals surface area (Å²) in [7, 11) is 0. The van der Waals surface area contributed by atoms with Gasteiger partial charge in [-0.2, -0.15) is 0 Å². The number of hydrogen-bond donors (Lipinski definition) is 1. The lowest BCUT2D eigenvalue weighted by molar-refractivity contribution is 0.584. The van der Waals surface area contributed by atoms with E-state index in [0.717, 1.165) is 6.07 Å². The highest BCUT2D eigenvalue weighted by Gasteiger charge is 2.02. The van der Waals surface area contributed by atoms with Crippen LogP contribution in [-0.2, 0) is 0 Å². The van der Waals surface area contributed by atoms with Crippen LogP contribution in [0.1, 0.15) is 0 Å². The van der Waals surface area contributed by atoms with Gasteiger partial charge in [0.2, 0.25) is 0 Å². The first-order valence-electron chi connectivity index (χ1n) is 4.31. The Labute approximate surface area is 90.4 Å². The molecule has 1 aromatic carbocycles. The highest BCUT2D eigenvalue weighted by Crippen LogP contribution is 2.19. The second-order valence-electron chi connectivity index (χ2n) is 3.09. The van der Waals surface area contributed by atoms with Gasteiger partial charge in [-0.3, -0.25) is 0 Å². The van der Waals surface area contributed by atoms with Crippen molar-refractivity contribution in [3.63, 3.8) is 0 Å². The number of halogens is 2. The van der Waals surface area contributed by atoms with E-state index in [4.69, 9.17) is 12.2 Å². The monoisotopic (exact) mass is 223 g/mol. The zero-order valence-corrected chi connectivity index (χ0v) is 8.44. The van der Waals surface area contributed by atoms with Gasteiger partial charge in [0.05, 0.1) is 0 Å². The molecule has 0 saturated heterocycles. The summed E-state index contributed by atoms with van der Waals surface area (Å²) in [6.07, 6.45) is 0. The van der Waals surface area contributed by atoms with Gasteiger partial charge in [-0.1, -0.05) is 18.3 Å². The number of pyridine rings is 1. The molecule has 0 spiro atoms. The Kier molecular flexibility index (Phi) is 2.60. The molecule has 1 heterocycles. The van der Waals surface area contributed by atoms with Gasteiger partial charge in [0.25, 0.3) is 0 Å². The zero-order valence-electron chi connectivity index (χ0n) is 7.63. The summed E-state index contributed by atoms with van der Waals surface area (Å²) in [5.74, 6) is -1.21. The average molecular weight is 223 g/mol. The number of benzene rings is 1. The maximum absolute atomic E-state index is 12.9. The molecule has 1 aromatic heterocycles. The summed E-state index contributed by atoms with van der Waals surface area (Å²) in [6, 6.07) is 8.49. The summed E-state index contributed by atoms with van der Waals surface area (Å²) in [5, 5.41) is 0. The molecule has 1 nitrogen and oxygen atoms in total. The topological polar surface area (TPSA) is 15.8 Å². The van der Waals surface area contributed by atoms with Crippen LogP contribution in [-0.4, -0.2) is 4.98 Å². The average Bonchev–Trinajstić information content (AvgIpc) is 2.16. The molecule has 4 heteroatoms. The van der Waals surface area contributed by atoms with Crippen LogP contribution in [0.2, 0.25) is 0 Å². The molecule has 0 aliphatic rings. The van der Waals surface area contributed by atoms with Crippen molar-refractivity contribution in [1.29, 1.82) is 0 Å². The van der Waals surface area contributed by atoms with Crippen molar-refractivity contribution in [1.82, 2.24) is 4.98 Å². The third-order valence-corrected chi connectivity index (χ3v) is 2.18. The highest BCUT2D eigenvalue weighted by molar-refractivity contribution is 7.71. The summed E-state index contributed by atoms with van der Waals surface area (Å²) in [4.78, 5) is 2.86. The molecule has 15 heavy (non-hydrogen) atoms. The van der Waals surface area contributed by atoms with Crippen LogP contribution in [0.3, 0.4) is 0 Å². The van der Waals surface area contributed by atoms with Gasteiger partial charge >= 0.3 is 0 Å². The third-order valence-electron chi connectivity index (χ3n) is 1.94. The van der Waals surface area contributed by atoms with Gasteiger partial charge in [-0.05, 0) is 24.3 Å². The molecule has 0 bridgehead atoms. The molecular weight excluding hydrogens is 216 g/mol. The Morgan fingerprint density at radius 3 is 2.27 bits per heavy atom. The Morgan fingerprint density at radius 1 is 1.00 bits per heavy atom. The second-order valence-corrected chi connectivity index (χ2v) is 3.53. The van der Waals surface area contributed by atoms with Crippen molar-refractivity contribution in [3.8, 4) is 11.3 Å². The summed E-state index contributed by atoms with van der Waals surface area (Å²) >= 11 is 4.92. The number of aromatic amines is 1. The quantitative estimate of drug-likeness (QED) is 0.729. The third kappa shape index (κ3) is 2.27. The van der Waals surface area contributed by atoms with E-state index in [0.29, 0.717) is 15.9 Å². The van der Waals surface area contributed by atoms with Crippen molar-refractivity contribution in [2.24, 2.45) is 0 Å². The van der Waals surface area contributed by atoms with E-state index in [1.165, 1.54) is 12.1 Å². The normalized spacial score (nSPS) is 10.3. The van der Waals surface area contributed by atoms with Crippen molar-refractivity contribution < 1.29 is 8.78 Å². The predicted octanol–water partition coefficient (Wildman–Crippen LogP) is 3.69. The maximum Gasteiger partial charge on any atom is 0.126 e. The predicted molar refractivity (Wildman–Crippen MR) is 57.0 cm³/mol. The number of nitrogens with one attached hydrogen (secondary N) is 1. The molecule has 0 saturated carbocycles. The lowest BCUT2D eigenvalue weighted by Gasteiger charge is -2.02. The Morgan fingerprint density at radius 2 is 1.67 bits per heavy atom. The maximum atomic E-state index is 12.9. The minimum absolute atomic E-state index is 0.444. The van der Waals surface area contributed by atoms with Crippen LogP contribution in [0.5, 0.6) is 0 Å². The molecule has 0 aliphatic carbocycles. The summed E-state index contributed by atoms with van der Waals surface area (Å²) in [6.45, 7) is 0. The minimum Gasteiger partial charge on any atom is -0.346 e. The first-order valence-corrected chi connectivity index (χ1v) is 4.72. The van der Waals surface area contributed by atoms with Crippen LogP contribution < -0.4 is 0 Å². The largest absolute Gasteiger partial charge is 0.346 e. The van der Waals surface area contributed by atoms with Gasteiger partial charge < -0.3 is 4.98 Å². The molecule has 1 N–H and O–H groups in total. The van der Waals surface area contributed by atoms with E-state index in [-0.39, 0.29) is 0 Å². The molecule has 0 aliphatic heterocycles. The van der Waals surface area contributed by atoms with Gasteiger partial charge in [0.15, 0.2) is 0 Å². The minimum atomic E-state index is -0.604. The zero-order chi connectivity index (χ0) is 10.8. The van der Waals surface area contributed by atoms with E-state index >= 15 is 0 Å². The van der Waals surface area contributed by atoms with E-state index in [1.54, 1.807) is 18.2 Å². The molecule has 0 atom stereocenters. The van der Waals surface area contributed by atoms with Crippen molar-refractivity contribution in [3.05, 3.63) is 52.7 Å². The number of rotatable bonds is 1. The number of H-pyrrole nitrogens is 1. The molecule has 2 rings (SSSR count). The van der Waals surface area contributed by atoms with E-state index < -0.39 is 11.6 Å².